The lowest BCUT2D eigenvalue weighted by molar-refractivity contribution is -0.122. The fourth-order valence-electron chi connectivity index (χ4n) is 1.63. The number of carbonyl (C=O) groups excluding carboxylic acids is 1. The van der Waals surface area contributed by atoms with Crippen molar-refractivity contribution in [2.45, 2.75) is 6.54 Å². The van der Waals surface area contributed by atoms with Gasteiger partial charge in [0, 0.05) is 17.6 Å². The third-order valence-electron chi connectivity index (χ3n) is 2.52. The van der Waals surface area contributed by atoms with E-state index in [4.69, 9.17) is 19.9 Å². The van der Waals surface area contributed by atoms with Crippen molar-refractivity contribution in [1.29, 1.82) is 0 Å². The molecular weight excluding hydrogens is 316 g/mol. The maximum Gasteiger partial charge on any atom is 0.243 e. The van der Waals surface area contributed by atoms with Crippen LogP contribution in [-0.2, 0) is 16.1 Å². The number of nitrogens with one attached hydrogen (secondary N) is 1. The first-order valence-electron chi connectivity index (χ1n) is 5.81. The Kier molecular flexibility index (Phi) is 5.00. The fraction of sp³-hybridized carbons (Fsp3) is 0.417. The lowest BCUT2D eigenvalue weighted by Gasteiger charge is -2.08. The van der Waals surface area contributed by atoms with Gasteiger partial charge in [0.1, 0.15) is 6.61 Å². The molecule has 1 aliphatic rings. The van der Waals surface area contributed by atoms with E-state index in [1.54, 1.807) is 0 Å². The molecule has 7 heteroatoms. The summed E-state index contributed by atoms with van der Waals surface area (Å²) in [5.41, 5.74) is 6.02. The molecule has 1 aliphatic heterocycles. The van der Waals surface area contributed by atoms with E-state index in [0.717, 1.165) is 21.5 Å². The van der Waals surface area contributed by atoms with E-state index in [9.17, 15) is 4.79 Å². The minimum atomic E-state index is -0.460. The lowest BCUT2D eigenvalue weighted by atomic mass is 10.2. The van der Waals surface area contributed by atoms with Crippen LogP contribution in [0, 0.1) is 0 Å². The van der Waals surface area contributed by atoms with Crippen molar-refractivity contribution in [3.05, 3.63) is 22.2 Å². The van der Waals surface area contributed by atoms with Crippen LogP contribution in [-0.4, -0.2) is 32.5 Å². The Morgan fingerprint density at radius 1 is 1.42 bits per heavy atom. The molecule has 3 N–H and O–H groups in total. The van der Waals surface area contributed by atoms with Crippen LogP contribution < -0.4 is 20.5 Å². The first-order valence-corrected chi connectivity index (χ1v) is 6.61. The van der Waals surface area contributed by atoms with E-state index in [1.807, 2.05) is 12.1 Å². The van der Waals surface area contributed by atoms with Gasteiger partial charge in [0.15, 0.2) is 11.5 Å². The molecule has 1 amide bonds. The molecule has 1 heterocycles. The highest BCUT2D eigenvalue weighted by Crippen LogP contribution is 2.36. The number of nitrogens with two attached hydrogens (primary N) is 1. The molecule has 0 saturated heterocycles. The zero-order valence-electron chi connectivity index (χ0n) is 10.3. The number of primary amides is 1. The van der Waals surface area contributed by atoms with Gasteiger partial charge in [-0.15, -0.1) is 0 Å². The lowest BCUT2D eigenvalue weighted by Crippen LogP contribution is -2.23. The molecule has 19 heavy (non-hydrogen) atoms. The number of amides is 1. The summed E-state index contributed by atoms with van der Waals surface area (Å²) >= 11 is 3.48. The first kappa shape index (κ1) is 14.1. The van der Waals surface area contributed by atoms with Crippen LogP contribution in [0.4, 0.5) is 0 Å². The van der Waals surface area contributed by atoms with Gasteiger partial charge in [0.2, 0.25) is 12.7 Å². The van der Waals surface area contributed by atoms with E-state index in [2.05, 4.69) is 21.2 Å². The quantitative estimate of drug-likeness (QED) is 0.721. The standard InChI is InChI=1S/C12H15BrN2O4/c13-9-4-11-10(18-7-19-11)3-8(9)5-15-1-2-17-6-12(14)16/h3-4,15H,1-2,5-7H2,(H2,14,16). The van der Waals surface area contributed by atoms with Gasteiger partial charge >= 0.3 is 0 Å². The molecule has 0 bridgehead atoms. The number of hydrogen-bond acceptors (Lipinski definition) is 5. The van der Waals surface area contributed by atoms with Crippen LogP contribution in [0.2, 0.25) is 0 Å². The summed E-state index contributed by atoms with van der Waals surface area (Å²) in [6.45, 7) is 1.95. The molecular formula is C12H15BrN2O4. The number of halogens is 1. The molecule has 104 valence electrons. The molecule has 0 atom stereocenters. The van der Waals surface area contributed by atoms with E-state index < -0.39 is 5.91 Å². The predicted molar refractivity (Wildman–Crippen MR) is 72.0 cm³/mol. The Bertz CT molecular complexity index is 467. The Hall–Kier alpha value is -1.31. The largest absolute Gasteiger partial charge is 0.454 e. The normalized spacial score (nSPS) is 12.7. The van der Waals surface area contributed by atoms with Crippen LogP contribution in [0.1, 0.15) is 5.56 Å². The Labute approximate surface area is 119 Å². The van der Waals surface area contributed by atoms with Crippen LogP contribution in [0.15, 0.2) is 16.6 Å². The molecule has 0 aliphatic carbocycles. The Balaban J connectivity index is 1.75. The van der Waals surface area contributed by atoms with Gasteiger partial charge in [-0.25, -0.2) is 0 Å². The second-order valence-electron chi connectivity index (χ2n) is 3.99. The van der Waals surface area contributed by atoms with Crippen molar-refractivity contribution in [3.8, 4) is 11.5 Å². The van der Waals surface area contributed by atoms with E-state index in [-0.39, 0.29) is 13.4 Å². The minimum absolute atomic E-state index is 0.0462. The van der Waals surface area contributed by atoms with Crippen LogP contribution in [0.5, 0.6) is 11.5 Å². The van der Waals surface area contributed by atoms with Crippen LogP contribution in [0.3, 0.4) is 0 Å². The number of ether oxygens (including phenoxy) is 3. The number of fused-ring (bicyclic) bond motifs is 1. The molecule has 2 rings (SSSR count). The SMILES string of the molecule is NC(=O)COCCNCc1cc2c(cc1Br)OCO2. The smallest absolute Gasteiger partial charge is 0.243 e. The third-order valence-corrected chi connectivity index (χ3v) is 3.26. The molecule has 0 radical (unpaired) electrons. The second-order valence-corrected chi connectivity index (χ2v) is 4.85. The summed E-state index contributed by atoms with van der Waals surface area (Å²) in [5, 5.41) is 3.20. The molecule has 6 nitrogen and oxygen atoms in total. The summed E-state index contributed by atoms with van der Waals surface area (Å²) in [7, 11) is 0. The van der Waals surface area contributed by atoms with Gasteiger partial charge < -0.3 is 25.3 Å². The maximum atomic E-state index is 10.5. The molecule has 0 spiro atoms. The average molecular weight is 331 g/mol. The zero-order valence-corrected chi connectivity index (χ0v) is 11.9. The average Bonchev–Trinajstić information content (AvgIpc) is 2.80. The summed E-state index contributed by atoms with van der Waals surface area (Å²) in [6.07, 6.45) is 0. The van der Waals surface area contributed by atoms with Gasteiger partial charge in [0.25, 0.3) is 0 Å². The van der Waals surface area contributed by atoms with Crippen LogP contribution in [0.25, 0.3) is 0 Å². The number of hydrogen-bond donors (Lipinski definition) is 2. The minimum Gasteiger partial charge on any atom is -0.454 e. The van der Waals surface area contributed by atoms with Gasteiger partial charge in [-0.05, 0) is 17.7 Å². The van der Waals surface area contributed by atoms with Gasteiger partial charge in [0.05, 0.1) is 6.61 Å². The fourth-order valence-corrected chi connectivity index (χ4v) is 2.10. The third kappa shape index (κ3) is 4.09. The van der Waals surface area contributed by atoms with E-state index >= 15 is 0 Å². The zero-order chi connectivity index (χ0) is 13.7. The predicted octanol–water partition coefficient (Wildman–Crippen LogP) is 0.769. The van der Waals surface area contributed by atoms with Crippen molar-refractivity contribution < 1.29 is 19.0 Å². The van der Waals surface area contributed by atoms with Gasteiger partial charge in [-0.2, -0.15) is 0 Å². The molecule has 0 aromatic heterocycles. The molecule has 0 saturated carbocycles. The summed E-state index contributed by atoms with van der Waals surface area (Å²) in [4.78, 5) is 10.5. The van der Waals surface area contributed by atoms with Crippen molar-refractivity contribution in [3.63, 3.8) is 0 Å². The van der Waals surface area contributed by atoms with Crippen molar-refractivity contribution >= 4 is 21.8 Å². The van der Waals surface area contributed by atoms with Crippen molar-refractivity contribution in [2.24, 2.45) is 5.73 Å². The maximum absolute atomic E-state index is 10.5. The Morgan fingerprint density at radius 3 is 2.89 bits per heavy atom. The topological polar surface area (TPSA) is 82.8 Å². The number of benzene rings is 1. The van der Waals surface area contributed by atoms with Crippen molar-refractivity contribution in [2.75, 3.05) is 26.6 Å². The summed E-state index contributed by atoms with van der Waals surface area (Å²) in [6, 6.07) is 3.83. The van der Waals surface area contributed by atoms with Gasteiger partial charge in [-0.3, -0.25) is 4.79 Å². The van der Waals surface area contributed by atoms with E-state index in [0.29, 0.717) is 19.7 Å². The highest BCUT2D eigenvalue weighted by Gasteiger charge is 2.15. The molecule has 1 aromatic rings. The number of carbonyl (C=O) groups is 1. The van der Waals surface area contributed by atoms with Crippen LogP contribution >= 0.6 is 15.9 Å². The monoisotopic (exact) mass is 330 g/mol. The number of rotatable bonds is 7. The second kappa shape index (κ2) is 6.74. The summed E-state index contributed by atoms with van der Waals surface area (Å²) < 4.78 is 16.6. The van der Waals surface area contributed by atoms with E-state index in [1.165, 1.54) is 0 Å². The highest BCUT2D eigenvalue weighted by atomic mass is 79.9. The first-order chi connectivity index (χ1) is 9.16. The van der Waals surface area contributed by atoms with Crippen molar-refractivity contribution in [1.82, 2.24) is 5.32 Å². The molecule has 1 aromatic carbocycles. The summed E-state index contributed by atoms with van der Waals surface area (Å²) in [5.74, 6) is 1.05. The Morgan fingerprint density at radius 2 is 2.16 bits per heavy atom. The van der Waals surface area contributed by atoms with Gasteiger partial charge in [-0.1, -0.05) is 15.9 Å². The molecule has 0 unspecified atom stereocenters. The molecule has 0 fully saturated rings. The highest BCUT2D eigenvalue weighted by molar-refractivity contribution is 9.10.